The molecule has 0 heterocycles. The van der Waals surface area contributed by atoms with E-state index >= 15 is 0 Å². The number of hydrogen-bond donors (Lipinski definition) is 0. The highest BCUT2D eigenvalue weighted by Gasteiger charge is 2.19. The molecule has 0 fully saturated rings. The number of carbonyl (C=O) groups is 3. The van der Waals surface area contributed by atoms with Crippen LogP contribution in [0.5, 0.6) is 0 Å². The average Bonchev–Trinajstić information content (AvgIpc) is 3.41. The Balaban J connectivity index is 4.09. The summed E-state index contributed by atoms with van der Waals surface area (Å²) in [6.07, 6.45) is 80.1. The molecule has 1 atom stereocenters. The van der Waals surface area contributed by atoms with E-state index in [1.165, 1.54) is 231 Å². The molecule has 0 aliphatic carbocycles. The van der Waals surface area contributed by atoms with Crippen LogP contribution in [-0.4, -0.2) is 37.2 Å². The Kier molecular flexibility index (Phi) is 61.7. The predicted molar refractivity (Wildman–Crippen MR) is 325 cm³/mol. The number of allylic oxidation sites excluding steroid dienone is 8. The minimum Gasteiger partial charge on any atom is -0.462 e. The quantitative estimate of drug-likeness (QED) is 0.0261. The molecule has 0 bridgehead atoms. The van der Waals surface area contributed by atoms with Gasteiger partial charge in [-0.05, 0) is 96.3 Å². The molecule has 438 valence electrons. The maximum atomic E-state index is 12.9. The van der Waals surface area contributed by atoms with Crippen molar-refractivity contribution in [2.24, 2.45) is 0 Å². The first-order valence-electron chi connectivity index (χ1n) is 33.1. The van der Waals surface area contributed by atoms with E-state index in [1.54, 1.807) is 0 Å². The second-order valence-corrected chi connectivity index (χ2v) is 22.4. The van der Waals surface area contributed by atoms with Crippen molar-refractivity contribution in [2.75, 3.05) is 13.2 Å². The van der Waals surface area contributed by atoms with Crippen LogP contribution in [0, 0.1) is 0 Å². The largest absolute Gasteiger partial charge is 0.462 e. The van der Waals surface area contributed by atoms with Gasteiger partial charge < -0.3 is 14.2 Å². The lowest BCUT2D eigenvalue weighted by atomic mass is 10.0. The summed E-state index contributed by atoms with van der Waals surface area (Å²) in [5, 5.41) is 0. The number of carbonyl (C=O) groups excluding carboxylic acids is 3. The lowest BCUT2D eigenvalue weighted by Gasteiger charge is -2.18. The third-order valence-corrected chi connectivity index (χ3v) is 14.8. The zero-order valence-electron chi connectivity index (χ0n) is 50.3. The Labute approximate surface area is 467 Å². The van der Waals surface area contributed by atoms with Crippen LogP contribution in [0.4, 0.5) is 0 Å². The van der Waals surface area contributed by atoms with E-state index in [4.69, 9.17) is 14.2 Å². The van der Waals surface area contributed by atoms with Crippen LogP contribution >= 0.6 is 0 Å². The van der Waals surface area contributed by atoms with E-state index in [1.807, 2.05) is 0 Å². The van der Waals surface area contributed by atoms with E-state index in [0.29, 0.717) is 19.3 Å². The van der Waals surface area contributed by atoms with E-state index in [-0.39, 0.29) is 31.1 Å². The van der Waals surface area contributed by atoms with Gasteiger partial charge >= 0.3 is 17.9 Å². The van der Waals surface area contributed by atoms with Crippen molar-refractivity contribution in [1.82, 2.24) is 0 Å². The molecular weight excluding hydrogens is 925 g/mol. The Morgan fingerprint density at radius 2 is 0.507 bits per heavy atom. The van der Waals surface area contributed by atoms with E-state index < -0.39 is 6.10 Å². The summed E-state index contributed by atoms with van der Waals surface area (Å²) in [5.41, 5.74) is 0. The number of ether oxygens (including phenoxy) is 3. The summed E-state index contributed by atoms with van der Waals surface area (Å²) < 4.78 is 16.9. The highest BCUT2D eigenvalue weighted by molar-refractivity contribution is 5.71. The molecule has 0 rings (SSSR count). The molecule has 0 radical (unpaired) electrons. The Morgan fingerprint density at radius 1 is 0.267 bits per heavy atom. The van der Waals surface area contributed by atoms with Crippen LogP contribution in [0.3, 0.4) is 0 Å². The molecule has 75 heavy (non-hydrogen) atoms. The van der Waals surface area contributed by atoms with Gasteiger partial charge in [-0.2, -0.15) is 0 Å². The summed E-state index contributed by atoms with van der Waals surface area (Å²) in [7, 11) is 0. The van der Waals surface area contributed by atoms with Crippen molar-refractivity contribution in [3.8, 4) is 0 Å². The topological polar surface area (TPSA) is 78.9 Å². The van der Waals surface area contributed by atoms with Gasteiger partial charge in [0.15, 0.2) is 6.10 Å². The van der Waals surface area contributed by atoms with Crippen LogP contribution in [0.1, 0.15) is 355 Å². The zero-order valence-corrected chi connectivity index (χ0v) is 50.3. The van der Waals surface area contributed by atoms with Crippen LogP contribution in [0.15, 0.2) is 48.6 Å². The first kappa shape index (κ1) is 72.4. The number of hydrogen-bond acceptors (Lipinski definition) is 6. The van der Waals surface area contributed by atoms with Gasteiger partial charge in [0.05, 0.1) is 0 Å². The Morgan fingerprint density at radius 3 is 0.800 bits per heavy atom. The van der Waals surface area contributed by atoms with E-state index in [0.717, 1.165) is 83.5 Å². The predicted octanol–water partition coefficient (Wildman–Crippen LogP) is 22.6. The molecule has 0 aromatic rings. The van der Waals surface area contributed by atoms with E-state index in [2.05, 4.69) is 69.4 Å². The normalized spacial score (nSPS) is 12.3. The lowest BCUT2D eigenvalue weighted by Crippen LogP contribution is -2.30. The second kappa shape index (κ2) is 63.9. The summed E-state index contributed by atoms with van der Waals surface area (Å²) in [6.45, 7) is 6.60. The molecule has 0 saturated carbocycles. The molecule has 1 unspecified atom stereocenters. The molecule has 0 N–H and O–H groups in total. The monoisotopic (exact) mass is 1050 g/mol. The van der Waals surface area contributed by atoms with Gasteiger partial charge in [0.2, 0.25) is 0 Å². The first-order chi connectivity index (χ1) is 37.0. The fourth-order valence-electron chi connectivity index (χ4n) is 9.77. The summed E-state index contributed by atoms with van der Waals surface area (Å²) in [4.78, 5) is 38.2. The van der Waals surface area contributed by atoms with Crippen LogP contribution < -0.4 is 0 Å². The maximum absolute atomic E-state index is 12.9. The SMILES string of the molecule is CCC/C=C\CCCCCCCC(=O)OCC(COC(=O)CCCCCCCCCCCCCCCCCCCCC/C=C\C/C=C\CCCCCCC)OC(=O)CCCCCCC/C=C\CCCCCCCCC. The molecule has 0 aliphatic rings. The van der Waals surface area contributed by atoms with Crippen LogP contribution in [0.2, 0.25) is 0 Å². The standard InChI is InChI=1S/C69H126O6/c1-4-7-10-13-16-19-22-24-26-28-29-30-31-32-33-34-35-36-37-38-39-40-41-42-44-45-47-50-53-56-59-62-68(71)74-65-66(64-73-67(70)61-58-55-52-49-21-18-15-12-9-6-3)75-69(72)63-60-57-54-51-48-46-43-27-25-23-20-17-14-11-8-5-2/h12,15,22,24,27-29,43,66H,4-11,13-14,16-21,23,25-26,30-42,44-65H2,1-3H3/b15-12-,24-22-,29-28-,43-27-. The zero-order chi connectivity index (χ0) is 54.3. The molecule has 0 spiro atoms. The van der Waals surface area contributed by atoms with Crippen molar-refractivity contribution >= 4 is 17.9 Å². The summed E-state index contributed by atoms with van der Waals surface area (Å²) in [6, 6.07) is 0. The third-order valence-electron chi connectivity index (χ3n) is 14.8. The number of esters is 3. The molecule has 6 heteroatoms. The van der Waals surface area contributed by atoms with Gasteiger partial charge in [-0.1, -0.05) is 288 Å². The molecule has 0 aromatic heterocycles. The lowest BCUT2D eigenvalue weighted by molar-refractivity contribution is -0.167. The Bertz CT molecular complexity index is 1300. The van der Waals surface area contributed by atoms with Crippen molar-refractivity contribution in [3.63, 3.8) is 0 Å². The fraction of sp³-hybridized carbons (Fsp3) is 0.841. The molecule has 0 aromatic carbocycles. The van der Waals surface area contributed by atoms with Gasteiger partial charge in [0.1, 0.15) is 13.2 Å². The highest BCUT2D eigenvalue weighted by atomic mass is 16.6. The highest BCUT2D eigenvalue weighted by Crippen LogP contribution is 2.17. The molecule has 0 amide bonds. The molecular formula is C69H126O6. The second-order valence-electron chi connectivity index (χ2n) is 22.4. The maximum Gasteiger partial charge on any atom is 0.306 e. The van der Waals surface area contributed by atoms with E-state index in [9.17, 15) is 14.4 Å². The van der Waals surface area contributed by atoms with Crippen molar-refractivity contribution in [2.45, 2.75) is 361 Å². The first-order valence-corrected chi connectivity index (χ1v) is 33.1. The van der Waals surface area contributed by atoms with Gasteiger partial charge in [0, 0.05) is 19.3 Å². The van der Waals surface area contributed by atoms with Gasteiger partial charge in [-0.3, -0.25) is 14.4 Å². The molecule has 6 nitrogen and oxygen atoms in total. The van der Waals surface area contributed by atoms with Crippen molar-refractivity contribution in [1.29, 1.82) is 0 Å². The molecule has 0 saturated heterocycles. The van der Waals surface area contributed by atoms with Gasteiger partial charge in [-0.15, -0.1) is 0 Å². The summed E-state index contributed by atoms with van der Waals surface area (Å²) >= 11 is 0. The Hall–Kier alpha value is -2.63. The number of unbranched alkanes of at least 4 members (excludes halogenated alkanes) is 42. The van der Waals surface area contributed by atoms with Crippen molar-refractivity contribution in [3.05, 3.63) is 48.6 Å². The number of rotatable bonds is 61. The van der Waals surface area contributed by atoms with Crippen LogP contribution in [-0.2, 0) is 28.6 Å². The minimum atomic E-state index is -0.778. The van der Waals surface area contributed by atoms with Gasteiger partial charge in [0.25, 0.3) is 0 Å². The average molecular weight is 1050 g/mol. The fourth-order valence-corrected chi connectivity index (χ4v) is 9.77. The third kappa shape index (κ3) is 62.1. The summed E-state index contributed by atoms with van der Waals surface area (Å²) in [5.74, 6) is -0.877. The molecule has 0 aliphatic heterocycles. The minimum absolute atomic E-state index is 0.0755. The smallest absolute Gasteiger partial charge is 0.306 e. The van der Waals surface area contributed by atoms with Crippen molar-refractivity contribution < 1.29 is 28.6 Å². The van der Waals surface area contributed by atoms with Gasteiger partial charge in [-0.25, -0.2) is 0 Å². The van der Waals surface area contributed by atoms with Crippen LogP contribution in [0.25, 0.3) is 0 Å².